The van der Waals surface area contributed by atoms with Crippen molar-refractivity contribution in [3.63, 3.8) is 0 Å². The number of carbonyl (C=O) groups is 1. The third-order valence-corrected chi connectivity index (χ3v) is 4.76. The van der Waals surface area contributed by atoms with Crippen LogP contribution in [0.15, 0.2) is 17.5 Å². The Balaban J connectivity index is 1.71. The lowest BCUT2D eigenvalue weighted by Gasteiger charge is -2.37. The van der Waals surface area contributed by atoms with Gasteiger partial charge < -0.3 is 10.1 Å². The molecule has 1 N–H and O–H groups in total. The summed E-state index contributed by atoms with van der Waals surface area (Å²) in [6.45, 7) is 3.39. The maximum absolute atomic E-state index is 12.2. The lowest BCUT2D eigenvalue weighted by Crippen LogP contribution is -2.52. The first-order chi connectivity index (χ1) is 9.34. The van der Waals surface area contributed by atoms with Crippen LogP contribution in [0.5, 0.6) is 0 Å². The second-order valence-corrected chi connectivity index (χ2v) is 6.17. The third-order valence-electron chi connectivity index (χ3n) is 3.84. The predicted octanol–water partition coefficient (Wildman–Crippen LogP) is 1.79. The average Bonchev–Trinajstić information content (AvgIpc) is 2.94. The number of nitrogens with zero attached hydrogens (tertiary/aromatic N) is 1. The SMILES string of the molecule is O=C1NCCN(C[C@H]2CCCCO2)[C@@H]1c1cccs1. The van der Waals surface area contributed by atoms with Crippen molar-refractivity contribution in [1.29, 1.82) is 0 Å². The predicted molar refractivity (Wildman–Crippen MR) is 75.2 cm³/mol. The molecule has 1 amide bonds. The Labute approximate surface area is 117 Å². The van der Waals surface area contributed by atoms with Gasteiger partial charge in [0.1, 0.15) is 6.04 Å². The van der Waals surface area contributed by atoms with Crippen LogP contribution >= 0.6 is 11.3 Å². The van der Waals surface area contributed by atoms with E-state index in [1.807, 2.05) is 11.4 Å². The molecule has 2 aliphatic rings. The maximum atomic E-state index is 12.2. The molecule has 0 bridgehead atoms. The minimum atomic E-state index is -0.126. The number of nitrogens with one attached hydrogen (secondary N) is 1. The summed E-state index contributed by atoms with van der Waals surface area (Å²) < 4.78 is 5.81. The molecule has 2 atom stereocenters. The molecule has 104 valence electrons. The minimum Gasteiger partial charge on any atom is -0.377 e. The normalized spacial score (nSPS) is 29.2. The molecule has 0 aromatic carbocycles. The van der Waals surface area contributed by atoms with Crippen molar-refractivity contribution in [2.24, 2.45) is 0 Å². The maximum Gasteiger partial charge on any atom is 0.242 e. The second-order valence-electron chi connectivity index (χ2n) is 5.19. The standard InChI is InChI=1S/C14H20N2O2S/c17-14-13(12-5-3-9-19-12)16(7-6-15-14)10-11-4-1-2-8-18-11/h3,5,9,11,13H,1-2,4,6-8,10H2,(H,15,17)/t11-,13-/m1/s1. The summed E-state index contributed by atoms with van der Waals surface area (Å²) >= 11 is 1.66. The molecule has 3 heterocycles. The van der Waals surface area contributed by atoms with Crippen LogP contribution in [0, 0.1) is 0 Å². The van der Waals surface area contributed by atoms with Crippen LogP contribution in [0.25, 0.3) is 0 Å². The van der Waals surface area contributed by atoms with Gasteiger partial charge in [-0.1, -0.05) is 6.07 Å². The molecule has 0 spiro atoms. The van der Waals surface area contributed by atoms with E-state index in [4.69, 9.17) is 4.74 Å². The zero-order valence-electron chi connectivity index (χ0n) is 11.0. The number of ether oxygens (including phenoxy) is 1. The molecule has 19 heavy (non-hydrogen) atoms. The summed E-state index contributed by atoms with van der Waals surface area (Å²) in [6.07, 6.45) is 3.83. The molecule has 4 nitrogen and oxygen atoms in total. The first-order valence-corrected chi connectivity index (χ1v) is 7.89. The molecular formula is C14H20N2O2S. The Morgan fingerprint density at radius 1 is 1.47 bits per heavy atom. The van der Waals surface area contributed by atoms with Gasteiger partial charge in [0.05, 0.1) is 6.10 Å². The number of thiophene rings is 1. The lowest BCUT2D eigenvalue weighted by atomic mass is 10.1. The fourth-order valence-electron chi connectivity index (χ4n) is 2.88. The molecule has 2 aliphatic heterocycles. The van der Waals surface area contributed by atoms with Gasteiger partial charge in [0, 0.05) is 31.1 Å². The van der Waals surface area contributed by atoms with Gasteiger partial charge >= 0.3 is 0 Å². The number of piperazine rings is 1. The van der Waals surface area contributed by atoms with E-state index in [1.165, 1.54) is 12.8 Å². The van der Waals surface area contributed by atoms with Crippen molar-refractivity contribution >= 4 is 17.2 Å². The van der Waals surface area contributed by atoms with Crippen LogP contribution in [0.2, 0.25) is 0 Å². The minimum absolute atomic E-state index is 0.126. The van der Waals surface area contributed by atoms with E-state index < -0.39 is 0 Å². The van der Waals surface area contributed by atoms with Gasteiger partial charge in [-0.05, 0) is 30.7 Å². The van der Waals surface area contributed by atoms with Gasteiger partial charge in [0.25, 0.3) is 0 Å². The van der Waals surface area contributed by atoms with E-state index in [-0.39, 0.29) is 11.9 Å². The van der Waals surface area contributed by atoms with Gasteiger partial charge in [-0.25, -0.2) is 0 Å². The van der Waals surface area contributed by atoms with Crippen molar-refractivity contribution in [3.05, 3.63) is 22.4 Å². The first-order valence-electron chi connectivity index (χ1n) is 7.01. The van der Waals surface area contributed by atoms with Crippen molar-refractivity contribution < 1.29 is 9.53 Å². The number of hydrogen-bond donors (Lipinski definition) is 1. The van der Waals surface area contributed by atoms with E-state index in [9.17, 15) is 4.79 Å². The fraction of sp³-hybridized carbons (Fsp3) is 0.643. The Morgan fingerprint density at radius 3 is 3.16 bits per heavy atom. The summed E-state index contributed by atoms with van der Waals surface area (Å²) in [7, 11) is 0. The Bertz CT molecular complexity index is 415. The summed E-state index contributed by atoms with van der Waals surface area (Å²) in [5.74, 6) is 0.129. The van der Waals surface area contributed by atoms with E-state index in [2.05, 4.69) is 16.3 Å². The van der Waals surface area contributed by atoms with Gasteiger partial charge in [0.2, 0.25) is 5.91 Å². The summed E-state index contributed by atoms with van der Waals surface area (Å²) in [4.78, 5) is 15.6. The highest BCUT2D eigenvalue weighted by Crippen LogP contribution is 2.28. The van der Waals surface area contributed by atoms with Gasteiger partial charge in [-0.2, -0.15) is 0 Å². The molecular weight excluding hydrogens is 260 g/mol. The Morgan fingerprint density at radius 2 is 2.42 bits per heavy atom. The average molecular weight is 280 g/mol. The van der Waals surface area contributed by atoms with Crippen LogP contribution in [-0.4, -0.2) is 43.2 Å². The molecule has 0 aliphatic carbocycles. The van der Waals surface area contributed by atoms with E-state index in [0.717, 1.165) is 37.5 Å². The molecule has 0 saturated carbocycles. The topological polar surface area (TPSA) is 41.6 Å². The second kappa shape index (κ2) is 6.03. The third kappa shape index (κ3) is 2.99. The van der Waals surface area contributed by atoms with Crippen LogP contribution < -0.4 is 5.32 Å². The van der Waals surface area contributed by atoms with E-state index >= 15 is 0 Å². The molecule has 3 rings (SSSR count). The molecule has 2 saturated heterocycles. The summed E-state index contributed by atoms with van der Waals surface area (Å²) in [5.41, 5.74) is 0. The van der Waals surface area contributed by atoms with E-state index in [1.54, 1.807) is 11.3 Å². The zero-order chi connectivity index (χ0) is 13.1. The molecule has 2 fully saturated rings. The zero-order valence-corrected chi connectivity index (χ0v) is 11.8. The Kier molecular flexibility index (Phi) is 4.15. The van der Waals surface area contributed by atoms with E-state index in [0.29, 0.717) is 6.10 Å². The van der Waals surface area contributed by atoms with Crippen LogP contribution in [0.1, 0.15) is 30.2 Å². The van der Waals surface area contributed by atoms with Crippen LogP contribution in [0.4, 0.5) is 0 Å². The number of rotatable bonds is 3. The molecule has 1 aromatic heterocycles. The Hall–Kier alpha value is -0.910. The number of carbonyl (C=O) groups excluding carboxylic acids is 1. The lowest BCUT2D eigenvalue weighted by molar-refractivity contribution is -0.130. The summed E-state index contributed by atoms with van der Waals surface area (Å²) in [5, 5.41) is 5.01. The van der Waals surface area contributed by atoms with Crippen LogP contribution in [0.3, 0.4) is 0 Å². The number of hydrogen-bond acceptors (Lipinski definition) is 4. The van der Waals surface area contributed by atoms with Gasteiger partial charge in [-0.3, -0.25) is 9.69 Å². The van der Waals surface area contributed by atoms with Crippen molar-refractivity contribution in [1.82, 2.24) is 10.2 Å². The van der Waals surface area contributed by atoms with Crippen molar-refractivity contribution in [3.8, 4) is 0 Å². The largest absolute Gasteiger partial charge is 0.377 e. The highest BCUT2D eigenvalue weighted by atomic mass is 32.1. The quantitative estimate of drug-likeness (QED) is 0.918. The first kappa shape index (κ1) is 13.1. The van der Waals surface area contributed by atoms with Gasteiger partial charge in [-0.15, -0.1) is 11.3 Å². The molecule has 0 unspecified atom stereocenters. The highest BCUT2D eigenvalue weighted by molar-refractivity contribution is 7.10. The highest BCUT2D eigenvalue weighted by Gasteiger charge is 2.33. The monoisotopic (exact) mass is 280 g/mol. The number of amides is 1. The smallest absolute Gasteiger partial charge is 0.242 e. The van der Waals surface area contributed by atoms with Crippen molar-refractivity contribution in [2.75, 3.05) is 26.2 Å². The molecule has 0 radical (unpaired) electrons. The summed E-state index contributed by atoms with van der Waals surface area (Å²) in [6, 6.07) is 3.94. The molecule has 1 aromatic rings. The fourth-order valence-corrected chi connectivity index (χ4v) is 3.74. The molecule has 5 heteroatoms. The van der Waals surface area contributed by atoms with Gasteiger partial charge in [0.15, 0.2) is 0 Å². The van der Waals surface area contributed by atoms with Crippen LogP contribution in [-0.2, 0) is 9.53 Å². The van der Waals surface area contributed by atoms with Crippen molar-refractivity contribution in [2.45, 2.75) is 31.4 Å².